The van der Waals surface area contributed by atoms with E-state index in [4.69, 9.17) is 0 Å². The molecule has 15 heavy (non-hydrogen) atoms. The summed E-state index contributed by atoms with van der Waals surface area (Å²) in [4.78, 5) is 10.9. The van der Waals surface area contributed by atoms with Gasteiger partial charge in [0.05, 0.1) is 0 Å². The Kier molecular flexibility index (Phi) is 4.35. The van der Waals surface area contributed by atoms with Crippen molar-refractivity contribution < 1.29 is 4.79 Å². The second kappa shape index (κ2) is 5.54. The van der Waals surface area contributed by atoms with Crippen molar-refractivity contribution in [2.24, 2.45) is 0 Å². The quantitative estimate of drug-likeness (QED) is 0.803. The minimum absolute atomic E-state index is 0.0123. The highest BCUT2D eigenvalue weighted by Crippen LogP contribution is 2.18. The molecule has 82 valence electrons. The minimum Gasteiger partial charge on any atom is -0.326 e. The molecular weight excluding hydrogens is 186 g/mol. The number of rotatable bonds is 4. The number of anilines is 1. The summed E-state index contributed by atoms with van der Waals surface area (Å²) in [5.74, 6) is -0.0123. The third kappa shape index (κ3) is 3.39. The number of benzene rings is 1. The maximum atomic E-state index is 10.9. The Bertz CT molecular complexity index is 344. The average molecular weight is 205 g/mol. The molecule has 0 unspecified atom stereocenters. The molecule has 0 atom stereocenters. The number of hydrogen-bond donors (Lipinski definition) is 1. The molecule has 0 saturated carbocycles. The van der Waals surface area contributed by atoms with Gasteiger partial charge in [0.2, 0.25) is 5.91 Å². The lowest BCUT2D eigenvalue weighted by Gasteiger charge is -2.10. The van der Waals surface area contributed by atoms with Crippen LogP contribution < -0.4 is 5.32 Å². The summed E-state index contributed by atoms with van der Waals surface area (Å²) in [6.45, 7) is 5.87. The molecule has 2 heteroatoms. The zero-order valence-corrected chi connectivity index (χ0v) is 9.76. The van der Waals surface area contributed by atoms with Gasteiger partial charge >= 0.3 is 0 Å². The van der Waals surface area contributed by atoms with Crippen LogP contribution in [0.5, 0.6) is 0 Å². The van der Waals surface area contributed by atoms with E-state index >= 15 is 0 Å². The molecular formula is C13H19NO. The van der Waals surface area contributed by atoms with Gasteiger partial charge in [-0.2, -0.15) is 0 Å². The van der Waals surface area contributed by atoms with Crippen LogP contribution in [0.25, 0.3) is 0 Å². The molecule has 0 spiro atoms. The van der Waals surface area contributed by atoms with E-state index in [1.54, 1.807) is 0 Å². The van der Waals surface area contributed by atoms with Crippen molar-refractivity contribution >= 4 is 11.6 Å². The minimum atomic E-state index is -0.0123. The first-order valence-electron chi connectivity index (χ1n) is 5.56. The van der Waals surface area contributed by atoms with E-state index in [1.807, 2.05) is 6.07 Å². The smallest absolute Gasteiger partial charge is 0.221 e. The molecule has 0 heterocycles. The maximum Gasteiger partial charge on any atom is 0.221 e. The maximum absolute atomic E-state index is 10.9. The van der Waals surface area contributed by atoms with Crippen LogP contribution in [0.3, 0.4) is 0 Å². The molecule has 1 aromatic carbocycles. The van der Waals surface area contributed by atoms with Crippen LogP contribution in [0.2, 0.25) is 0 Å². The van der Waals surface area contributed by atoms with Crippen molar-refractivity contribution in [2.75, 3.05) is 5.32 Å². The van der Waals surface area contributed by atoms with Gasteiger partial charge in [-0.3, -0.25) is 4.79 Å². The molecule has 0 aliphatic heterocycles. The van der Waals surface area contributed by atoms with Gasteiger partial charge in [-0.15, -0.1) is 0 Å². The number of amides is 1. The monoisotopic (exact) mass is 205 g/mol. The molecule has 1 aromatic rings. The van der Waals surface area contributed by atoms with Gasteiger partial charge in [0, 0.05) is 12.6 Å². The summed E-state index contributed by atoms with van der Waals surface area (Å²) >= 11 is 0. The molecule has 1 amide bonds. The normalized spacial score (nSPS) is 10.1. The predicted octanol–water partition coefficient (Wildman–Crippen LogP) is 3.16. The van der Waals surface area contributed by atoms with Crippen molar-refractivity contribution in [1.29, 1.82) is 0 Å². The molecule has 1 rings (SSSR count). The van der Waals surface area contributed by atoms with E-state index in [-0.39, 0.29) is 5.91 Å². The Hall–Kier alpha value is -1.31. The molecule has 0 fully saturated rings. The van der Waals surface area contributed by atoms with E-state index in [2.05, 4.69) is 31.3 Å². The van der Waals surface area contributed by atoms with Crippen LogP contribution in [0.1, 0.15) is 38.3 Å². The Morgan fingerprint density at radius 2 is 2.00 bits per heavy atom. The highest BCUT2D eigenvalue weighted by molar-refractivity contribution is 5.88. The fourth-order valence-corrected chi connectivity index (χ4v) is 1.75. The van der Waals surface area contributed by atoms with Crippen molar-refractivity contribution in [3.8, 4) is 0 Å². The van der Waals surface area contributed by atoms with Gasteiger partial charge < -0.3 is 5.32 Å². The van der Waals surface area contributed by atoms with Crippen molar-refractivity contribution in [2.45, 2.75) is 40.0 Å². The standard InChI is InChI=1S/C13H19NO/c1-4-6-12-9-13(14-10(3)15)8-7-11(12)5-2/h7-9H,4-6H2,1-3H3,(H,14,15). The van der Waals surface area contributed by atoms with Crippen LogP contribution in [0, 0.1) is 0 Å². The van der Waals surface area contributed by atoms with Crippen LogP contribution in [-0.2, 0) is 17.6 Å². The number of nitrogens with one attached hydrogen (secondary N) is 1. The van der Waals surface area contributed by atoms with Gasteiger partial charge in [-0.25, -0.2) is 0 Å². The van der Waals surface area contributed by atoms with Crippen LogP contribution in [0.15, 0.2) is 18.2 Å². The van der Waals surface area contributed by atoms with Crippen molar-refractivity contribution in [1.82, 2.24) is 0 Å². The first-order valence-corrected chi connectivity index (χ1v) is 5.56. The Labute approximate surface area is 91.7 Å². The van der Waals surface area contributed by atoms with Crippen LogP contribution in [0.4, 0.5) is 5.69 Å². The number of aryl methyl sites for hydroxylation is 2. The summed E-state index contributed by atoms with van der Waals surface area (Å²) in [6.07, 6.45) is 3.27. The largest absolute Gasteiger partial charge is 0.326 e. The summed E-state index contributed by atoms with van der Waals surface area (Å²) < 4.78 is 0. The lowest BCUT2D eigenvalue weighted by atomic mass is 10.0. The topological polar surface area (TPSA) is 29.1 Å². The van der Waals surface area contributed by atoms with Gasteiger partial charge in [0.25, 0.3) is 0 Å². The van der Waals surface area contributed by atoms with Crippen LogP contribution >= 0.6 is 0 Å². The van der Waals surface area contributed by atoms with Crippen LogP contribution in [-0.4, -0.2) is 5.91 Å². The fourth-order valence-electron chi connectivity index (χ4n) is 1.75. The lowest BCUT2D eigenvalue weighted by Crippen LogP contribution is -2.06. The molecule has 1 N–H and O–H groups in total. The first kappa shape index (κ1) is 11.8. The molecule has 2 nitrogen and oxygen atoms in total. The van der Waals surface area contributed by atoms with Gasteiger partial charge in [0.15, 0.2) is 0 Å². The first-order chi connectivity index (χ1) is 7.17. The molecule has 0 aromatic heterocycles. The summed E-state index contributed by atoms with van der Waals surface area (Å²) in [5, 5.41) is 2.82. The van der Waals surface area contributed by atoms with Gasteiger partial charge in [-0.05, 0) is 36.1 Å². The van der Waals surface area contributed by atoms with E-state index in [0.29, 0.717) is 0 Å². The zero-order valence-electron chi connectivity index (χ0n) is 9.76. The lowest BCUT2D eigenvalue weighted by molar-refractivity contribution is -0.114. The SMILES string of the molecule is CCCc1cc(NC(C)=O)ccc1CC. The molecule has 0 radical (unpaired) electrons. The third-order valence-corrected chi connectivity index (χ3v) is 2.43. The number of carbonyl (C=O) groups excluding carboxylic acids is 1. The third-order valence-electron chi connectivity index (χ3n) is 2.43. The summed E-state index contributed by atoms with van der Waals surface area (Å²) in [7, 11) is 0. The summed E-state index contributed by atoms with van der Waals surface area (Å²) in [6, 6.07) is 6.17. The van der Waals surface area contributed by atoms with Crippen molar-refractivity contribution in [3.05, 3.63) is 29.3 Å². The molecule has 0 saturated heterocycles. The average Bonchev–Trinajstić information content (AvgIpc) is 2.18. The van der Waals surface area contributed by atoms with E-state index < -0.39 is 0 Å². The molecule has 0 bridgehead atoms. The fraction of sp³-hybridized carbons (Fsp3) is 0.462. The molecule has 0 aliphatic carbocycles. The second-order valence-electron chi connectivity index (χ2n) is 3.77. The second-order valence-corrected chi connectivity index (χ2v) is 3.77. The van der Waals surface area contributed by atoms with E-state index in [1.165, 1.54) is 18.1 Å². The Morgan fingerprint density at radius 3 is 2.53 bits per heavy atom. The van der Waals surface area contributed by atoms with Crippen molar-refractivity contribution in [3.63, 3.8) is 0 Å². The Morgan fingerprint density at radius 1 is 1.27 bits per heavy atom. The summed E-state index contributed by atoms with van der Waals surface area (Å²) in [5.41, 5.74) is 3.64. The highest BCUT2D eigenvalue weighted by atomic mass is 16.1. The van der Waals surface area contributed by atoms with E-state index in [0.717, 1.165) is 24.9 Å². The number of hydrogen-bond acceptors (Lipinski definition) is 1. The predicted molar refractivity (Wildman–Crippen MR) is 64.1 cm³/mol. The van der Waals surface area contributed by atoms with Gasteiger partial charge in [0.1, 0.15) is 0 Å². The zero-order chi connectivity index (χ0) is 11.3. The molecule has 0 aliphatic rings. The van der Waals surface area contributed by atoms with Gasteiger partial charge in [-0.1, -0.05) is 26.3 Å². The number of carbonyl (C=O) groups is 1. The van der Waals surface area contributed by atoms with E-state index in [9.17, 15) is 4.79 Å². The highest BCUT2D eigenvalue weighted by Gasteiger charge is 2.02. The Balaban J connectivity index is 2.93.